The van der Waals surface area contributed by atoms with Gasteiger partial charge in [-0.3, -0.25) is 0 Å². The van der Waals surface area contributed by atoms with E-state index < -0.39 is 0 Å². The molecule has 0 amide bonds. The SMILES string of the molecule is CC1CCC(C)C(Nc2cccc(OCC#N)c2)C1. The van der Waals surface area contributed by atoms with Gasteiger partial charge >= 0.3 is 0 Å². The van der Waals surface area contributed by atoms with Gasteiger partial charge < -0.3 is 10.1 Å². The number of benzene rings is 1. The topological polar surface area (TPSA) is 45.0 Å². The highest BCUT2D eigenvalue weighted by Gasteiger charge is 2.25. The van der Waals surface area contributed by atoms with E-state index in [4.69, 9.17) is 10.00 Å². The van der Waals surface area contributed by atoms with Crippen LogP contribution in [-0.4, -0.2) is 12.6 Å². The molecule has 0 spiro atoms. The Labute approximate surface area is 115 Å². The summed E-state index contributed by atoms with van der Waals surface area (Å²) in [5.41, 5.74) is 1.08. The fraction of sp³-hybridized carbons (Fsp3) is 0.562. The molecule has 2 rings (SSSR count). The first-order chi connectivity index (χ1) is 9.19. The van der Waals surface area contributed by atoms with Crippen LogP contribution >= 0.6 is 0 Å². The molecule has 0 aromatic heterocycles. The first-order valence-electron chi connectivity index (χ1n) is 7.05. The molecular formula is C16H22N2O. The Morgan fingerprint density at radius 2 is 2.21 bits per heavy atom. The van der Waals surface area contributed by atoms with Crippen molar-refractivity contribution in [2.24, 2.45) is 11.8 Å². The highest BCUT2D eigenvalue weighted by atomic mass is 16.5. The Morgan fingerprint density at radius 3 is 3.00 bits per heavy atom. The molecule has 3 heteroatoms. The van der Waals surface area contributed by atoms with E-state index in [0.717, 1.165) is 17.4 Å². The van der Waals surface area contributed by atoms with Gasteiger partial charge in [0.2, 0.25) is 0 Å². The lowest BCUT2D eigenvalue weighted by molar-refractivity contribution is 0.280. The maximum atomic E-state index is 8.53. The third-order valence-electron chi connectivity index (χ3n) is 3.95. The van der Waals surface area contributed by atoms with Crippen LogP contribution in [0.3, 0.4) is 0 Å². The van der Waals surface area contributed by atoms with Gasteiger partial charge in [-0.2, -0.15) is 5.26 Å². The molecule has 1 saturated carbocycles. The number of nitriles is 1. The molecule has 1 aromatic carbocycles. The summed E-state index contributed by atoms with van der Waals surface area (Å²) in [6.07, 6.45) is 3.86. The summed E-state index contributed by atoms with van der Waals surface area (Å²) < 4.78 is 5.33. The second-order valence-corrected chi connectivity index (χ2v) is 5.62. The summed E-state index contributed by atoms with van der Waals surface area (Å²) in [7, 11) is 0. The number of ether oxygens (including phenoxy) is 1. The minimum absolute atomic E-state index is 0.0975. The summed E-state index contributed by atoms with van der Waals surface area (Å²) >= 11 is 0. The second-order valence-electron chi connectivity index (χ2n) is 5.62. The van der Waals surface area contributed by atoms with Crippen LogP contribution in [0, 0.1) is 23.2 Å². The normalized spacial score (nSPS) is 26.5. The van der Waals surface area contributed by atoms with Gasteiger partial charge in [0.1, 0.15) is 11.8 Å². The van der Waals surface area contributed by atoms with Crippen molar-refractivity contribution < 1.29 is 4.74 Å². The molecule has 1 fully saturated rings. The first-order valence-corrected chi connectivity index (χ1v) is 7.05. The zero-order chi connectivity index (χ0) is 13.7. The van der Waals surface area contributed by atoms with Crippen LogP contribution in [0.2, 0.25) is 0 Å². The van der Waals surface area contributed by atoms with E-state index in [-0.39, 0.29) is 6.61 Å². The first kappa shape index (κ1) is 13.7. The smallest absolute Gasteiger partial charge is 0.174 e. The maximum Gasteiger partial charge on any atom is 0.174 e. The minimum atomic E-state index is 0.0975. The molecule has 102 valence electrons. The molecule has 3 unspecified atom stereocenters. The van der Waals surface area contributed by atoms with Crippen molar-refractivity contribution >= 4 is 5.69 Å². The van der Waals surface area contributed by atoms with Crippen LogP contribution in [-0.2, 0) is 0 Å². The van der Waals surface area contributed by atoms with Crippen molar-refractivity contribution in [2.75, 3.05) is 11.9 Å². The number of nitrogens with one attached hydrogen (secondary N) is 1. The molecule has 1 aromatic rings. The summed E-state index contributed by atoms with van der Waals surface area (Å²) in [6.45, 7) is 4.74. The Morgan fingerprint density at radius 1 is 1.37 bits per heavy atom. The lowest BCUT2D eigenvalue weighted by Gasteiger charge is -2.34. The predicted octanol–water partition coefficient (Wildman–Crippen LogP) is 3.83. The van der Waals surface area contributed by atoms with Crippen LogP contribution in [0.5, 0.6) is 5.75 Å². The number of anilines is 1. The highest BCUT2D eigenvalue weighted by molar-refractivity contribution is 5.49. The van der Waals surface area contributed by atoms with Crippen LogP contribution in [0.4, 0.5) is 5.69 Å². The number of hydrogen-bond acceptors (Lipinski definition) is 3. The third kappa shape index (κ3) is 3.89. The molecule has 0 radical (unpaired) electrons. The van der Waals surface area contributed by atoms with Crippen LogP contribution in [0.25, 0.3) is 0 Å². The standard InChI is InChI=1S/C16H22N2O/c1-12-6-7-13(2)16(10-12)18-14-4-3-5-15(11-14)19-9-8-17/h3-5,11-13,16,18H,6-7,9-10H2,1-2H3. The van der Waals surface area contributed by atoms with Gasteiger partial charge in [-0.1, -0.05) is 26.3 Å². The average Bonchev–Trinajstić information content (AvgIpc) is 2.41. The summed E-state index contributed by atoms with van der Waals surface area (Å²) in [4.78, 5) is 0. The van der Waals surface area contributed by atoms with Gasteiger partial charge in [0, 0.05) is 17.8 Å². The van der Waals surface area contributed by atoms with Crippen molar-refractivity contribution in [2.45, 2.75) is 39.2 Å². The van der Waals surface area contributed by atoms with Crippen molar-refractivity contribution in [1.29, 1.82) is 5.26 Å². The van der Waals surface area contributed by atoms with E-state index >= 15 is 0 Å². The highest BCUT2D eigenvalue weighted by Crippen LogP contribution is 2.31. The molecule has 0 aliphatic heterocycles. The number of hydrogen-bond donors (Lipinski definition) is 1. The molecule has 1 N–H and O–H groups in total. The second kappa shape index (κ2) is 6.47. The average molecular weight is 258 g/mol. The quantitative estimate of drug-likeness (QED) is 0.892. The summed E-state index contributed by atoms with van der Waals surface area (Å²) in [6, 6.07) is 10.4. The van der Waals surface area contributed by atoms with Gasteiger partial charge in [0.05, 0.1) is 0 Å². The Hall–Kier alpha value is -1.69. The van der Waals surface area contributed by atoms with Gasteiger partial charge in [0.25, 0.3) is 0 Å². The summed E-state index contributed by atoms with van der Waals surface area (Å²) in [5, 5.41) is 12.1. The van der Waals surface area contributed by atoms with Crippen molar-refractivity contribution in [3.8, 4) is 11.8 Å². The molecular weight excluding hydrogens is 236 g/mol. The molecule has 3 atom stereocenters. The van der Waals surface area contributed by atoms with Gasteiger partial charge in [-0.25, -0.2) is 0 Å². The largest absolute Gasteiger partial charge is 0.479 e. The Bertz CT molecular complexity index is 452. The van der Waals surface area contributed by atoms with Crippen molar-refractivity contribution in [3.05, 3.63) is 24.3 Å². The molecule has 0 heterocycles. The fourth-order valence-corrected chi connectivity index (χ4v) is 2.74. The molecule has 0 bridgehead atoms. The monoisotopic (exact) mass is 258 g/mol. The predicted molar refractivity (Wildman–Crippen MR) is 77.1 cm³/mol. The van der Waals surface area contributed by atoms with E-state index in [9.17, 15) is 0 Å². The maximum absolute atomic E-state index is 8.53. The number of rotatable bonds is 4. The zero-order valence-corrected chi connectivity index (χ0v) is 11.7. The Kier molecular flexibility index (Phi) is 4.68. The summed E-state index contributed by atoms with van der Waals surface area (Å²) in [5.74, 6) is 2.26. The molecule has 0 saturated heterocycles. The lowest BCUT2D eigenvalue weighted by atomic mass is 9.80. The fourth-order valence-electron chi connectivity index (χ4n) is 2.74. The molecule has 1 aliphatic carbocycles. The van der Waals surface area contributed by atoms with E-state index in [2.05, 4.69) is 25.2 Å². The van der Waals surface area contributed by atoms with Crippen LogP contribution < -0.4 is 10.1 Å². The van der Waals surface area contributed by atoms with E-state index in [1.807, 2.05) is 24.3 Å². The van der Waals surface area contributed by atoms with Crippen LogP contribution in [0.1, 0.15) is 33.1 Å². The van der Waals surface area contributed by atoms with E-state index in [1.54, 1.807) is 0 Å². The van der Waals surface area contributed by atoms with E-state index in [1.165, 1.54) is 19.3 Å². The molecule has 1 aliphatic rings. The number of nitrogens with zero attached hydrogens (tertiary/aromatic N) is 1. The Balaban J connectivity index is 2.00. The van der Waals surface area contributed by atoms with Crippen LogP contribution in [0.15, 0.2) is 24.3 Å². The van der Waals surface area contributed by atoms with Gasteiger partial charge in [-0.05, 0) is 36.8 Å². The lowest BCUT2D eigenvalue weighted by Crippen LogP contribution is -2.33. The third-order valence-corrected chi connectivity index (χ3v) is 3.95. The van der Waals surface area contributed by atoms with Gasteiger partial charge in [0.15, 0.2) is 6.61 Å². The molecule has 19 heavy (non-hydrogen) atoms. The minimum Gasteiger partial charge on any atom is -0.479 e. The van der Waals surface area contributed by atoms with E-state index in [0.29, 0.717) is 12.0 Å². The molecule has 3 nitrogen and oxygen atoms in total. The zero-order valence-electron chi connectivity index (χ0n) is 11.7. The van der Waals surface area contributed by atoms with Crippen molar-refractivity contribution in [1.82, 2.24) is 0 Å². The van der Waals surface area contributed by atoms with Gasteiger partial charge in [-0.15, -0.1) is 0 Å². The van der Waals surface area contributed by atoms with Crippen molar-refractivity contribution in [3.63, 3.8) is 0 Å².